The van der Waals surface area contributed by atoms with Crippen molar-refractivity contribution in [2.24, 2.45) is 5.41 Å². The Labute approximate surface area is 111 Å². The van der Waals surface area contributed by atoms with Gasteiger partial charge in [0, 0.05) is 0 Å². The van der Waals surface area contributed by atoms with E-state index < -0.39 is 5.41 Å². The van der Waals surface area contributed by atoms with Crippen LogP contribution >= 0.6 is 0 Å². The van der Waals surface area contributed by atoms with Crippen molar-refractivity contribution in [2.75, 3.05) is 14.1 Å². The van der Waals surface area contributed by atoms with Gasteiger partial charge in [-0.1, -0.05) is 6.07 Å². The molecule has 19 heavy (non-hydrogen) atoms. The van der Waals surface area contributed by atoms with Gasteiger partial charge in [0.1, 0.15) is 0 Å². The molecule has 100 valence electrons. The number of aromatic amines is 2. The van der Waals surface area contributed by atoms with E-state index in [1.54, 1.807) is 0 Å². The molecule has 0 spiro atoms. The summed E-state index contributed by atoms with van der Waals surface area (Å²) in [5, 5.41) is 9.35. The van der Waals surface area contributed by atoms with E-state index in [0.717, 1.165) is 16.6 Å². The molecule has 1 aromatic carbocycles. The van der Waals surface area contributed by atoms with Gasteiger partial charge >= 0.3 is 5.69 Å². The highest BCUT2D eigenvalue weighted by Gasteiger charge is 2.32. The zero-order chi connectivity index (χ0) is 14.2. The van der Waals surface area contributed by atoms with E-state index in [-0.39, 0.29) is 11.7 Å². The van der Waals surface area contributed by atoms with E-state index in [2.05, 4.69) is 16.0 Å². The van der Waals surface area contributed by atoms with Gasteiger partial charge < -0.3 is 14.9 Å². The number of nitriles is 1. The minimum atomic E-state index is -0.520. The maximum atomic E-state index is 11.3. The summed E-state index contributed by atoms with van der Waals surface area (Å²) in [6, 6.07) is 8.06. The Morgan fingerprint density at radius 1 is 1.26 bits per heavy atom. The molecule has 1 unspecified atom stereocenters. The van der Waals surface area contributed by atoms with Gasteiger partial charge in [-0.05, 0) is 45.6 Å². The van der Waals surface area contributed by atoms with Crippen molar-refractivity contribution in [2.45, 2.75) is 19.9 Å². The van der Waals surface area contributed by atoms with Gasteiger partial charge in [0.15, 0.2) is 0 Å². The second-order valence-electron chi connectivity index (χ2n) is 5.58. The Bertz CT molecular complexity index is 687. The van der Waals surface area contributed by atoms with Gasteiger partial charge in [-0.15, -0.1) is 0 Å². The van der Waals surface area contributed by atoms with Crippen LogP contribution in [0.15, 0.2) is 23.0 Å². The molecule has 0 aliphatic heterocycles. The van der Waals surface area contributed by atoms with E-state index in [0.29, 0.717) is 0 Å². The van der Waals surface area contributed by atoms with Gasteiger partial charge in [-0.25, -0.2) is 4.79 Å². The van der Waals surface area contributed by atoms with Gasteiger partial charge in [0.25, 0.3) is 0 Å². The SMILES string of the molecule is CN(C)C(c1ccc2[nH]c(=O)[nH]c2c1)C(C)(C)C#N. The Morgan fingerprint density at radius 3 is 2.47 bits per heavy atom. The minimum Gasteiger partial charge on any atom is -0.306 e. The number of imidazole rings is 1. The van der Waals surface area contributed by atoms with E-state index in [1.165, 1.54) is 0 Å². The molecule has 0 bridgehead atoms. The molecule has 0 aliphatic carbocycles. The number of hydrogen-bond acceptors (Lipinski definition) is 3. The van der Waals surface area contributed by atoms with Crippen LogP contribution in [0.25, 0.3) is 11.0 Å². The van der Waals surface area contributed by atoms with Gasteiger partial charge in [0.05, 0.1) is 28.6 Å². The average molecular weight is 258 g/mol. The van der Waals surface area contributed by atoms with Crippen LogP contribution in [0.1, 0.15) is 25.5 Å². The monoisotopic (exact) mass is 258 g/mol. The molecule has 0 saturated carbocycles. The van der Waals surface area contributed by atoms with Crippen LogP contribution in [0, 0.1) is 16.7 Å². The van der Waals surface area contributed by atoms with Gasteiger partial charge in [0.2, 0.25) is 0 Å². The maximum absolute atomic E-state index is 11.3. The van der Waals surface area contributed by atoms with E-state index in [9.17, 15) is 10.1 Å². The first kappa shape index (κ1) is 13.4. The van der Waals surface area contributed by atoms with Crippen molar-refractivity contribution >= 4 is 11.0 Å². The third kappa shape index (κ3) is 2.40. The summed E-state index contributed by atoms with van der Waals surface area (Å²) < 4.78 is 0. The van der Waals surface area contributed by atoms with Crippen molar-refractivity contribution in [3.05, 3.63) is 34.2 Å². The molecular weight excluding hydrogens is 240 g/mol. The number of fused-ring (bicyclic) bond motifs is 1. The lowest BCUT2D eigenvalue weighted by molar-refractivity contribution is 0.185. The molecule has 5 nitrogen and oxygen atoms in total. The fraction of sp³-hybridized carbons (Fsp3) is 0.429. The lowest BCUT2D eigenvalue weighted by atomic mass is 9.81. The largest absolute Gasteiger partial charge is 0.323 e. The third-order valence-electron chi connectivity index (χ3n) is 3.34. The number of benzene rings is 1. The first-order valence-corrected chi connectivity index (χ1v) is 6.15. The first-order valence-electron chi connectivity index (χ1n) is 6.15. The molecule has 0 radical (unpaired) electrons. The highest BCUT2D eigenvalue weighted by molar-refractivity contribution is 5.75. The van der Waals surface area contributed by atoms with Crippen LogP contribution in [-0.4, -0.2) is 29.0 Å². The molecular formula is C14H18N4O. The molecule has 2 N–H and O–H groups in total. The van der Waals surface area contributed by atoms with Crippen molar-refractivity contribution in [3.63, 3.8) is 0 Å². The van der Waals surface area contributed by atoms with Crippen LogP contribution in [0.5, 0.6) is 0 Å². The summed E-state index contributed by atoms with van der Waals surface area (Å²) in [5.41, 5.74) is 1.82. The quantitative estimate of drug-likeness (QED) is 0.884. The Kier molecular flexibility index (Phi) is 3.21. The van der Waals surface area contributed by atoms with Gasteiger partial charge in [-0.3, -0.25) is 0 Å². The molecule has 0 aliphatic rings. The lowest BCUT2D eigenvalue weighted by Gasteiger charge is -2.34. The normalized spacial score (nSPS) is 13.7. The summed E-state index contributed by atoms with van der Waals surface area (Å²) in [6.07, 6.45) is 0. The number of nitrogens with one attached hydrogen (secondary N) is 2. The highest BCUT2D eigenvalue weighted by Crippen LogP contribution is 2.37. The first-order chi connectivity index (χ1) is 8.85. The fourth-order valence-corrected chi connectivity index (χ4v) is 2.64. The van der Waals surface area contributed by atoms with Crippen LogP contribution < -0.4 is 5.69 Å². The second kappa shape index (κ2) is 4.56. The van der Waals surface area contributed by atoms with Crippen LogP contribution in [0.3, 0.4) is 0 Å². The van der Waals surface area contributed by atoms with E-state index >= 15 is 0 Å². The summed E-state index contributed by atoms with van der Waals surface area (Å²) in [5.74, 6) is 0. The summed E-state index contributed by atoms with van der Waals surface area (Å²) in [6.45, 7) is 3.84. The minimum absolute atomic E-state index is 0.0414. The standard InChI is InChI=1S/C14H18N4O/c1-14(2,8-15)12(18(3)4)9-5-6-10-11(7-9)17-13(19)16-10/h5-7,12H,1-4H3,(H2,16,17,19). The molecule has 1 heterocycles. The maximum Gasteiger partial charge on any atom is 0.323 e. The smallest absolute Gasteiger partial charge is 0.306 e. The summed E-state index contributed by atoms with van der Waals surface area (Å²) in [4.78, 5) is 18.8. The molecule has 0 amide bonds. The number of H-pyrrole nitrogens is 2. The molecule has 0 saturated heterocycles. The van der Waals surface area contributed by atoms with Crippen LogP contribution in [0.4, 0.5) is 0 Å². The number of rotatable bonds is 3. The number of hydrogen-bond donors (Lipinski definition) is 2. The number of nitrogens with zero attached hydrogens (tertiary/aromatic N) is 2. The zero-order valence-corrected chi connectivity index (χ0v) is 11.6. The Balaban J connectivity index is 2.57. The van der Waals surface area contributed by atoms with Crippen molar-refractivity contribution < 1.29 is 0 Å². The van der Waals surface area contributed by atoms with Gasteiger partial charge in [-0.2, -0.15) is 5.26 Å². The Hall–Kier alpha value is -2.06. The van der Waals surface area contributed by atoms with Crippen molar-refractivity contribution in [1.29, 1.82) is 5.26 Å². The molecule has 2 aromatic rings. The average Bonchev–Trinajstić information content (AvgIpc) is 2.67. The number of aromatic nitrogens is 2. The van der Waals surface area contributed by atoms with Crippen molar-refractivity contribution in [3.8, 4) is 6.07 Å². The summed E-state index contributed by atoms with van der Waals surface area (Å²) in [7, 11) is 3.90. The molecule has 2 rings (SSSR count). The van der Waals surface area contributed by atoms with E-state index in [1.807, 2.05) is 51.0 Å². The highest BCUT2D eigenvalue weighted by atomic mass is 16.1. The van der Waals surface area contributed by atoms with Crippen molar-refractivity contribution in [1.82, 2.24) is 14.9 Å². The predicted molar refractivity (Wildman–Crippen MR) is 74.7 cm³/mol. The Morgan fingerprint density at radius 2 is 1.89 bits per heavy atom. The second-order valence-corrected chi connectivity index (χ2v) is 5.58. The molecule has 1 aromatic heterocycles. The van der Waals surface area contributed by atoms with Crippen LogP contribution in [0.2, 0.25) is 0 Å². The lowest BCUT2D eigenvalue weighted by Crippen LogP contribution is -2.32. The fourth-order valence-electron chi connectivity index (χ4n) is 2.64. The molecule has 5 heteroatoms. The molecule has 1 atom stereocenters. The van der Waals surface area contributed by atoms with E-state index in [4.69, 9.17) is 0 Å². The summed E-state index contributed by atoms with van der Waals surface area (Å²) >= 11 is 0. The predicted octanol–water partition coefficient (Wildman–Crippen LogP) is 2.01. The third-order valence-corrected chi connectivity index (χ3v) is 3.34. The zero-order valence-electron chi connectivity index (χ0n) is 11.6. The topological polar surface area (TPSA) is 75.7 Å². The molecule has 0 fully saturated rings. The van der Waals surface area contributed by atoms with Crippen LogP contribution in [-0.2, 0) is 0 Å².